The molecule has 1 aliphatic heterocycles. The molecule has 2 aliphatic rings. The lowest BCUT2D eigenvalue weighted by atomic mass is 9.67. The van der Waals surface area contributed by atoms with Crippen LogP contribution in [-0.4, -0.2) is 50.8 Å². The molecule has 3 atom stereocenters. The monoisotopic (exact) mass is 282 g/mol. The van der Waals surface area contributed by atoms with Gasteiger partial charge in [0.1, 0.15) is 0 Å². The van der Waals surface area contributed by atoms with Gasteiger partial charge in [-0.15, -0.1) is 0 Å². The normalized spacial score (nSPS) is 34.5. The third kappa shape index (κ3) is 3.96. The number of likely N-dealkylation sites (tertiary alicyclic amines) is 1. The minimum atomic E-state index is 0.449. The second-order valence-electron chi connectivity index (χ2n) is 7.55. The minimum Gasteiger partial charge on any atom is -0.384 e. The average molecular weight is 282 g/mol. The Morgan fingerprint density at radius 1 is 1.30 bits per heavy atom. The molecule has 0 aromatic heterocycles. The highest BCUT2D eigenvalue weighted by Crippen LogP contribution is 2.39. The van der Waals surface area contributed by atoms with E-state index in [1.807, 2.05) is 7.11 Å². The molecule has 20 heavy (non-hydrogen) atoms. The maximum atomic E-state index is 5.32. The summed E-state index contributed by atoms with van der Waals surface area (Å²) < 4.78 is 5.32. The highest BCUT2D eigenvalue weighted by molar-refractivity contribution is 4.95. The van der Waals surface area contributed by atoms with E-state index in [4.69, 9.17) is 4.74 Å². The third-order valence-electron chi connectivity index (χ3n) is 5.40. The summed E-state index contributed by atoms with van der Waals surface area (Å²) >= 11 is 0. The van der Waals surface area contributed by atoms with Crippen LogP contribution in [0.15, 0.2) is 0 Å². The van der Waals surface area contributed by atoms with E-state index in [0.717, 1.165) is 25.0 Å². The molecule has 2 rings (SSSR count). The van der Waals surface area contributed by atoms with Gasteiger partial charge in [-0.2, -0.15) is 0 Å². The van der Waals surface area contributed by atoms with E-state index < -0.39 is 0 Å². The van der Waals surface area contributed by atoms with Crippen LogP contribution in [-0.2, 0) is 4.74 Å². The van der Waals surface area contributed by atoms with Gasteiger partial charge in [-0.05, 0) is 49.6 Å². The van der Waals surface area contributed by atoms with Gasteiger partial charge in [0.25, 0.3) is 0 Å². The van der Waals surface area contributed by atoms with Crippen molar-refractivity contribution >= 4 is 0 Å². The van der Waals surface area contributed by atoms with Crippen LogP contribution < -0.4 is 5.32 Å². The predicted octanol–water partition coefficient (Wildman–Crippen LogP) is 2.76. The van der Waals surface area contributed by atoms with E-state index in [1.54, 1.807) is 0 Å². The standard InChI is InChI=1S/C17H34N2O/c1-5-18-16-15(7-6-9-17(16,2)3)12-19-10-8-14(11-19)13-20-4/h14-16,18H,5-13H2,1-4H3. The van der Waals surface area contributed by atoms with Crippen molar-refractivity contribution in [3.63, 3.8) is 0 Å². The van der Waals surface area contributed by atoms with Crippen molar-refractivity contribution in [2.45, 2.75) is 52.5 Å². The summed E-state index contributed by atoms with van der Waals surface area (Å²) in [6, 6.07) is 0.683. The summed E-state index contributed by atoms with van der Waals surface area (Å²) in [4.78, 5) is 2.68. The third-order valence-corrected chi connectivity index (χ3v) is 5.40. The van der Waals surface area contributed by atoms with Crippen molar-refractivity contribution in [1.29, 1.82) is 0 Å². The van der Waals surface area contributed by atoms with E-state index in [0.29, 0.717) is 11.5 Å². The van der Waals surface area contributed by atoms with Crippen molar-refractivity contribution in [1.82, 2.24) is 10.2 Å². The van der Waals surface area contributed by atoms with Crippen LogP contribution in [0.2, 0.25) is 0 Å². The van der Waals surface area contributed by atoms with Crippen LogP contribution in [0.4, 0.5) is 0 Å². The zero-order valence-electron chi connectivity index (χ0n) is 14.0. The van der Waals surface area contributed by atoms with Crippen LogP contribution >= 0.6 is 0 Å². The molecule has 2 fully saturated rings. The van der Waals surface area contributed by atoms with Crippen LogP contribution in [0.5, 0.6) is 0 Å². The molecule has 1 saturated heterocycles. The van der Waals surface area contributed by atoms with Crippen molar-refractivity contribution in [2.24, 2.45) is 17.3 Å². The Kier molecular flexibility index (Phi) is 5.88. The summed E-state index contributed by atoms with van der Waals surface area (Å²) in [5, 5.41) is 3.78. The first-order chi connectivity index (χ1) is 9.56. The van der Waals surface area contributed by atoms with Crippen molar-refractivity contribution in [3.8, 4) is 0 Å². The summed E-state index contributed by atoms with van der Waals surface area (Å²) in [6.45, 7) is 13.0. The summed E-state index contributed by atoms with van der Waals surface area (Å²) in [5.74, 6) is 1.58. The van der Waals surface area contributed by atoms with Crippen LogP contribution in [0.3, 0.4) is 0 Å². The number of hydrogen-bond donors (Lipinski definition) is 1. The van der Waals surface area contributed by atoms with E-state index in [9.17, 15) is 0 Å². The Balaban J connectivity index is 1.90. The first kappa shape index (κ1) is 16.3. The molecule has 0 spiro atoms. The Labute approximate surface area is 125 Å². The fourth-order valence-electron chi connectivity index (χ4n) is 4.42. The summed E-state index contributed by atoms with van der Waals surface area (Å²) in [5.41, 5.74) is 0.449. The molecule has 3 heteroatoms. The quantitative estimate of drug-likeness (QED) is 0.811. The number of nitrogens with zero attached hydrogens (tertiary/aromatic N) is 1. The van der Waals surface area contributed by atoms with Crippen LogP contribution in [0, 0.1) is 17.3 Å². The fraction of sp³-hybridized carbons (Fsp3) is 1.00. The molecule has 0 aromatic carbocycles. The van der Waals surface area contributed by atoms with Crippen LogP contribution in [0.25, 0.3) is 0 Å². The minimum absolute atomic E-state index is 0.449. The second kappa shape index (κ2) is 7.24. The lowest BCUT2D eigenvalue weighted by Crippen LogP contribution is -2.52. The Morgan fingerprint density at radius 2 is 2.10 bits per heavy atom. The maximum absolute atomic E-state index is 5.32. The van der Waals surface area contributed by atoms with E-state index in [-0.39, 0.29) is 0 Å². The van der Waals surface area contributed by atoms with Crippen molar-refractivity contribution < 1.29 is 4.74 Å². The van der Waals surface area contributed by atoms with Gasteiger partial charge in [0, 0.05) is 26.2 Å². The maximum Gasteiger partial charge on any atom is 0.0503 e. The highest BCUT2D eigenvalue weighted by Gasteiger charge is 2.39. The van der Waals surface area contributed by atoms with Crippen molar-refractivity contribution in [3.05, 3.63) is 0 Å². The Morgan fingerprint density at radius 3 is 2.80 bits per heavy atom. The largest absolute Gasteiger partial charge is 0.384 e. The number of rotatable bonds is 6. The molecule has 0 aromatic rings. The molecule has 3 nitrogen and oxygen atoms in total. The Bertz CT molecular complexity index is 293. The van der Waals surface area contributed by atoms with Gasteiger partial charge in [0.2, 0.25) is 0 Å². The molecular weight excluding hydrogens is 248 g/mol. The van der Waals surface area contributed by atoms with Gasteiger partial charge in [-0.1, -0.05) is 27.2 Å². The zero-order valence-corrected chi connectivity index (χ0v) is 14.0. The number of nitrogens with one attached hydrogen (secondary N) is 1. The van der Waals surface area contributed by atoms with E-state index in [1.165, 1.54) is 45.3 Å². The number of hydrogen-bond acceptors (Lipinski definition) is 3. The topological polar surface area (TPSA) is 24.5 Å². The molecule has 1 heterocycles. The van der Waals surface area contributed by atoms with Gasteiger partial charge in [-0.3, -0.25) is 0 Å². The molecule has 118 valence electrons. The number of ether oxygens (including phenoxy) is 1. The van der Waals surface area contributed by atoms with Crippen molar-refractivity contribution in [2.75, 3.05) is 39.9 Å². The number of methoxy groups -OCH3 is 1. The average Bonchev–Trinajstić information content (AvgIpc) is 2.81. The van der Waals surface area contributed by atoms with Gasteiger partial charge in [0.05, 0.1) is 6.61 Å². The molecule has 0 bridgehead atoms. The molecule has 1 N–H and O–H groups in total. The van der Waals surface area contributed by atoms with Gasteiger partial charge in [0.15, 0.2) is 0 Å². The molecule has 1 aliphatic carbocycles. The molecular formula is C17H34N2O. The van der Waals surface area contributed by atoms with E-state index >= 15 is 0 Å². The summed E-state index contributed by atoms with van der Waals surface area (Å²) in [6.07, 6.45) is 5.48. The van der Waals surface area contributed by atoms with Gasteiger partial charge >= 0.3 is 0 Å². The molecule has 0 radical (unpaired) electrons. The Hall–Kier alpha value is -0.120. The molecule has 3 unspecified atom stereocenters. The lowest BCUT2D eigenvalue weighted by molar-refractivity contribution is 0.0828. The lowest BCUT2D eigenvalue weighted by Gasteiger charge is -2.45. The first-order valence-corrected chi connectivity index (χ1v) is 8.51. The van der Waals surface area contributed by atoms with E-state index in [2.05, 4.69) is 31.0 Å². The first-order valence-electron chi connectivity index (χ1n) is 8.51. The van der Waals surface area contributed by atoms with Crippen LogP contribution in [0.1, 0.15) is 46.5 Å². The predicted molar refractivity (Wildman–Crippen MR) is 85.0 cm³/mol. The smallest absolute Gasteiger partial charge is 0.0503 e. The summed E-state index contributed by atoms with van der Waals surface area (Å²) in [7, 11) is 1.83. The SMILES string of the molecule is CCNC1C(CN2CCC(COC)C2)CCCC1(C)C. The fourth-order valence-corrected chi connectivity index (χ4v) is 4.42. The molecule has 0 amide bonds. The zero-order chi connectivity index (χ0) is 14.6. The highest BCUT2D eigenvalue weighted by atomic mass is 16.5. The second-order valence-corrected chi connectivity index (χ2v) is 7.55. The van der Waals surface area contributed by atoms with Gasteiger partial charge in [-0.25, -0.2) is 0 Å². The van der Waals surface area contributed by atoms with Gasteiger partial charge < -0.3 is 15.0 Å². The molecule has 1 saturated carbocycles.